The standard InChI is InChI=1S/C16H15NO2S2/c18-15(14-9-5-2-6-10-14)12-21-16(17-19)20-11-13-7-3-1-4-8-13/h1-10,19H,11-12H2/b17-16+. The number of oxime groups is 1. The summed E-state index contributed by atoms with van der Waals surface area (Å²) in [7, 11) is 0. The van der Waals surface area contributed by atoms with Gasteiger partial charge in [-0.1, -0.05) is 89.3 Å². The van der Waals surface area contributed by atoms with Crippen molar-refractivity contribution >= 4 is 33.7 Å². The molecule has 108 valence electrons. The lowest BCUT2D eigenvalue weighted by Gasteiger charge is -2.04. The largest absolute Gasteiger partial charge is 0.410 e. The zero-order chi connectivity index (χ0) is 14.9. The summed E-state index contributed by atoms with van der Waals surface area (Å²) in [5, 5.41) is 12.3. The Morgan fingerprint density at radius 1 is 0.952 bits per heavy atom. The van der Waals surface area contributed by atoms with Crippen LogP contribution in [0.1, 0.15) is 15.9 Å². The SMILES string of the molecule is O=C(CS/C(=N/O)SCc1ccccc1)c1ccccc1. The highest BCUT2D eigenvalue weighted by atomic mass is 32.2. The van der Waals surface area contributed by atoms with E-state index in [1.807, 2.05) is 48.5 Å². The molecule has 0 aromatic heterocycles. The molecule has 0 atom stereocenters. The van der Waals surface area contributed by atoms with Gasteiger partial charge in [-0.05, 0) is 5.56 Å². The van der Waals surface area contributed by atoms with E-state index in [0.717, 1.165) is 5.56 Å². The molecule has 0 heterocycles. The average Bonchev–Trinajstić information content (AvgIpc) is 2.56. The molecule has 0 aliphatic heterocycles. The Morgan fingerprint density at radius 2 is 1.57 bits per heavy atom. The molecule has 5 heteroatoms. The molecule has 0 unspecified atom stereocenters. The summed E-state index contributed by atoms with van der Waals surface area (Å²) in [6.07, 6.45) is 0. The maximum Gasteiger partial charge on any atom is 0.173 e. The van der Waals surface area contributed by atoms with Crippen molar-refractivity contribution in [2.24, 2.45) is 5.16 Å². The monoisotopic (exact) mass is 317 g/mol. The lowest BCUT2D eigenvalue weighted by atomic mass is 10.2. The van der Waals surface area contributed by atoms with E-state index in [1.165, 1.54) is 23.5 Å². The van der Waals surface area contributed by atoms with E-state index in [4.69, 9.17) is 5.21 Å². The van der Waals surface area contributed by atoms with Gasteiger partial charge in [0, 0.05) is 11.3 Å². The Labute approximate surface area is 132 Å². The first kappa shape index (κ1) is 15.7. The van der Waals surface area contributed by atoms with Gasteiger partial charge >= 0.3 is 0 Å². The van der Waals surface area contributed by atoms with Gasteiger partial charge in [-0.25, -0.2) is 0 Å². The summed E-state index contributed by atoms with van der Waals surface area (Å²) in [5.74, 6) is 1.01. The molecule has 1 N–H and O–H groups in total. The molecule has 2 aromatic rings. The number of hydrogen-bond acceptors (Lipinski definition) is 5. The smallest absolute Gasteiger partial charge is 0.173 e. The van der Waals surface area contributed by atoms with E-state index >= 15 is 0 Å². The van der Waals surface area contributed by atoms with Crippen molar-refractivity contribution in [2.45, 2.75) is 5.75 Å². The summed E-state index contributed by atoms with van der Waals surface area (Å²) in [4.78, 5) is 12.0. The zero-order valence-electron chi connectivity index (χ0n) is 11.3. The number of nitrogens with zero attached hydrogens (tertiary/aromatic N) is 1. The van der Waals surface area contributed by atoms with E-state index in [-0.39, 0.29) is 11.5 Å². The van der Waals surface area contributed by atoms with Crippen LogP contribution in [0.4, 0.5) is 0 Å². The fourth-order valence-electron chi connectivity index (χ4n) is 1.65. The zero-order valence-corrected chi connectivity index (χ0v) is 12.9. The summed E-state index contributed by atoms with van der Waals surface area (Å²) in [6.45, 7) is 0. The van der Waals surface area contributed by atoms with Crippen molar-refractivity contribution in [1.29, 1.82) is 0 Å². The molecule has 0 spiro atoms. The second kappa shape index (κ2) is 8.54. The van der Waals surface area contributed by atoms with Gasteiger partial charge in [0.2, 0.25) is 0 Å². The van der Waals surface area contributed by atoms with Crippen LogP contribution in [0.25, 0.3) is 0 Å². The predicted octanol–water partition coefficient (Wildman–Crippen LogP) is 4.28. The van der Waals surface area contributed by atoms with Crippen molar-refractivity contribution in [3.05, 3.63) is 71.8 Å². The van der Waals surface area contributed by atoms with Gasteiger partial charge in [0.1, 0.15) is 0 Å². The van der Waals surface area contributed by atoms with Crippen molar-refractivity contribution < 1.29 is 10.0 Å². The Hall–Kier alpha value is -1.72. The quantitative estimate of drug-likeness (QED) is 0.294. The molecule has 0 saturated carbocycles. The van der Waals surface area contributed by atoms with Crippen LogP contribution in [-0.2, 0) is 5.75 Å². The minimum Gasteiger partial charge on any atom is -0.410 e. The van der Waals surface area contributed by atoms with Gasteiger partial charge < -0.3 is 5.21 Å². The molecule has 0 aliphatic rings. The highest BCUT2D eigenvalue weighted by molar-refractivity contribution is 8.38. The van der Waals surface area contributed by atoms with Gasteiger partial charge in [0.25, 0.3) is 0 Å². The Bertz CT molecular complexity index is 600. The van der Waals surface area contributed by atoms with Gasteiger partial charge in [0.15, 0.2) is 10.2 Å². The third kappa shape index (κ3) is 5.28. The van der Waals surface area contributed by atoms with Crippen molar-refractivity contribution in [2.75, 3.05) is 5.75 Å². The Kier molecular flexibility index (Phi) is 6.37. The Morgan fingerprint density at radius 3 is 2.19 bits per heavy atom. The summed E-state index contributed by atoms with van der Waals surface area (Å²) in [6, 6.07) is 19.1. The molecule has 21 heavy (non-hydrogen) atoms. The molecule has 2 rings (SSSR count). The Balaban J connectivity index is 1.82. The highest BCUT2D eigenvalue weighted by Crippen LogP contribution is 2.22. The first-order valence-corrected chi connectivity index (χ1v) is 8.36. The molecule has 0 fully saturated rings. The van der Waals surface area contributed by atoms with Crippen molar-refractivity contribution in [3.63, 3.8) is 0 Å². The number of benzene rings is 2. The van der Waals surface area contributed by atoms with Crippen LogP contribution < -0.4 is 0 Å². The average molecular weight is 317 g/mol. The van der Waals surface area contributed by atoms with E-state index < -0.39 is 0 Å². The predicted molar refractivity (Wildman–Crippen MR) is 90.2 cm³/mol. The molecule has 0 aliphatic carbocycles. The second-order valence-electron chi connectivity index (χ2n) is 4.22. The summed E-state index contributed by atoms with van der Waals surface area (Å²) in [5.41, 5.74) is 1.83. The van der Waals surface area contributed by atoms with Crippen LogP contribution in [0.15, 0.2) is 65.8 Å². The number of carbonyl (C=O) groups excluding carboxylic acids is 1. The first-order chi connectivity index (χ1) is 10.3. The van der Waals surface area contributed by atoms with Gasteiger partial charge in [-0.3, -0.25) is 4.79 Å². The van der Waals surface area contributed by atoms with Crippen molar-refractivity contribution in [3.8, 4) is 0 Å². The lowest BCUT2D eigenvalue weighted by Crippen LogP contribution is -2.04. The number of Topliss-reactive ketones (excluding diaryl/α,β-unsaturated/α-hetero) is 1. The molecular weight excluding hydrogens is 302 g/mol. The molecule has 0 radical (unpaired) electrons. The van der Waals surface area contributed by atoms with Gasteiger partial charge in [-0.2, -0.15) is 0 Å². The summed E-state index contributed by atoms with van der Waals surface area (Å²) < 4.78 is 0.503. The third-order valence-electron chi connectivity index (χ3n) is 2.71. The molecule has 0 bridgehead atoms. The normalized spacial score (nSPS) is 11.3. The molecule has 2 aromatic carbocycles. The summed E-state index contributed by atoms with van der Waals surface area (Å²) >= 11 is 2.68. The van der Waals surface area contributed by atoms with Crippen LogP contribution in [0.2, 0.25) is 0 Å². The molecular formula is C16H15NO2S2. The van der Waals surface area contributed by atoms with Crippen LogP contribution >= 0.6 is 23.5 Å². The maximum atomic E-state index is 12.0. The number of hydrogen-bond donors (Lipinski definition) is 1. The number of thioether (sulfide) groups is 2. The first-order valence-electron chi connectivity index (χ1n) is 6.39. The molecule has 0 amide bonds. The minimum absolute atomic E-state index is 0.0297. The van der Waals surface area contributed by atoms with Crippen LogP contribution in [0, 0.1) is 0 Å². The van der Waals surface area contributed by atoms with E-state index in [0.29, 0.717) is 15.7 Å². The fraction of sp³-hybridized carbons (Fsp3) is 0.125. The third-order valence-corrected chi connectivity index (χ3v) is 4.96. The van der Waals surface area contributed by atoms with Crippen LogP contribution in [-0.4, -0.2) is 21.1 Å². The minimum atomic E-state index is 0.0297. The van der Waals surface area contributed by atoms with E-state index in [9.17, 15) is 4.79 Å². The van der Waals surface area contributed by atoms with Crippen LogP contribution in [0.5, 0.6) is 0 Å². The molecule has 3 nitrogen and oxygen atoms in total. The lowest BCUT2D eigenvalue weighted by molar-refractivity contribution is 0.102. The van der Waals surface area contributed by atoms with Crippen molar-refractivity contribution in [1.82, 2.24) is 0 Å². The van der Waals surface area contributed by atoms with Gasteiger partial charge in [0.05, 0.1) is 5.75 Å². The number of ketones is 1. The topological polar surface area (TPSA) is 49.7 Å². The second-order valence-corrected chi connectivity index (χ2v) is 6.40. The highest BCUT2D eigenvalue weighted by Gasteiger charge is 2.09. The number of rotatable bonds is 5. The van der Waals surface area contributed by atoms with E-state index in [1.54, 1.807) is 12.1 Å². The van der Waals surface area contributed by atoms with E-state index in [2.05, 4.69) is 5.16 Å². The van der Waals surface area contributed by atoms with Crippen LogP contribution in [0.3, 0.4) is 0 Å². The van der Waals surface area contributed by atoms with Gasteiger partial charge in [-0.15, -0.1) is 0 Å². The molecule has 0 saturated heterocycles. The maximum absolute atomic E-state index is 12.0. The number of carbonyl (C=O) groups is 1. The fourth-order valence-corrected chi connectivity index (χ4v) is 3.36.